The summed E-state index contributed by atoms with van der Waals surface area (Å²) in [7, 11) is 1.88. The molecule has 0 aromatic carbocycles. The first-order valence-electron chi connectivity index (χ1n) is 4.80. The maximum Gasteiger partial charge on any atom is 0.129 e. The van der Waals surface area contributed by atoms with E-state index in [4.69, 9.17) is 12.2 Å². The minimum Gasteiger partial charge on any atom is -0.343 e. The van der Waals surface area contributed by atoms with E-state index in [1.54, 1.807) is 21.6 Å². The molecule has 3 heterocycles. The number of hydrogen-bond acceptors (Lipinski definition) is 3. The highest BCUT2D eigenvalue weighted by Crippen LogP contribution is 2.16. The highest BCUT2D eigenvalue weighted by atomic mass is 32.1. The number of nitrogens with one attached hydrogen (secondary N) is 1. The normalized spacial score (nSPS) is 11.1. The Morgan fingerprint density at radius 2 is 2.19 bits per heavy atom. The maximum absolute atomic E-state index is 5.26. The van der Waals surface area contributed by atoms with Crippen molar-refractivity contribution < 1.29 is 0 Å². The third kappa shape index (κ3) is 1.35. The fraction of sp³-hybridized carbons (Fsp3) is 0.100. The standard InChI is InChI=1S/C10H9N5S/c1-14-5-7(4-12-14)8-6-15-9(2-3-11-15)10(16)13-8/h2-6H,1H3,(H,13,16). The van der Waals surface area contributed by atoms with Gasteiger partial charge in [0, 0.05) is 18.8 Å². The molecule has 0 saturated heterocycles. The Bertz CT molecular complexity index is 705. The zero-order valence-corrected chi connectivity index (χ0v) is 9.40. The summed E-state index contributed by atoms with van der Waals surface area (Å²) < 4.78 is 4.19. The lowest BCUT2D eigenvalue weighted by Crippen LogP contribution is -1.92. The average molecular weight is 231 g/mol. The number of H-pyrrole nitrogens is 1. The van der Waals surface area contributed by atoms with Gasteiger partial charge in [0.25, 0.3) is 0 Å². The van der Waals surface area contributed by atoms with Crippen LogP contribution in [0.5, 0.6) is 0 Å². The summed E-state index contributed by atoms with van der Waals surface area (Å²) in [4.78, 5) is 3.17. The fourth-order valence-electron chi connectivity index (χ4n) is 1.64. The van der Waals surface area contributed by atoms with E-state index in [-0.39, 0.29) is 0 Å². The average Bonchev–Trinajstić information content (AvgIpc) is 2.85. The van der Waals surface area contributed by atoms with Crippen LogP contribution in [-0.2, 0) is 7.05 Å². The van der Waals surface area contributed by atoms with Crippen LogP contribution < -0.4 is 0 Å². The molecule has 0 fully saturated rings. The Morgan fingerprint density at radius 1 is 1.31 bits per heavy atom. The predicted molar refractivity (Wildman–Crippen MR) is 62.6 cm³/mol. The minimum absolute atomic E-state index is 0.679. The summed E-state index contributed by atoms with van der Waals surface area (Å²) in [5, 5.41) is 8.30. The molecule has 0 aliphatic carbocycles. The van der Waals surface area contributed by atoms with E-state index in [2.05, 4.69) is 15.2 Å². The van der Waals surface area contributed by atoms with Crippen LogP contribution in [0.3, 0.4) is 0 Å². The molecular weight excluding hydrogens is 222 g/mol. The Labute approximate surface area is 96.3 Å². The van der Waals surface area contributed by atoms with Gasteiger partial charge in [-0.15, -0.1) is 0 Å². The van der Waals surface area contributed by atoms with Crippen LogP contribution in [-0.4, -0.2) is 24.4 Å². The van der Waals surface area contributed by atoms with Gasteiger partial charge in [0.05, 0.1) is 24.3 Å². The van der Waals surface area contributed by atoms with E-state index in [9.17, 15) is 0 Å². The zero-order valence-electron chi connectivity index (χ0n) is 8.58. The molecule has 0 aliphatic rings. The number of aromatic nitrogens is 5. The van der Waals surface area contributed by atoms with Gasteiger partial charge in [-0.25, -0.2) is 4.52 Å². The summed E-state index contributed by atoms with van der Waals surface area (Å²) in [5.41, 5.74) is 2.81. The highest BCUT2D eigenvalue weighted by molar-refractivity contribution is 7.71. The fourth-order valence-corrected chi connectivity index (χ4v) is 1.92. The number of rotatable bonds is 1. The van der Waals surface area contributed by atoms with E-state index in [1.807, 2.05) is 25.5 Å². The molecule has 16 heavy (non-hydrogen) atoms. The van der Waals surface area contributed by atoms with E-state index in [0.29, 0.717) is 4.64 Å². The first kappa shape index (κ1) is 9.29. The largest absolute Gasteiger partial charge is 0.343 e. The molecule has 0 amide bonds. The van der Waals surface area contributed by atoms with E-state index in [1.165, 1.54) is 0 Å². The first-order chi connectivity index (χ1) is 7.74. The molecule has 5 nitrogen and oxygen atoms in total. The van der Waals surface area contributed by atoms with Crippen molar-refractivity contribution in [2.75, 3.05) is 0 Å². The van der Waals surface area contributed by atoms with Crippen molar-refractivity contribution in [1.29, 1.82) is 0 Å². The molecule has 0 saturated carbocycles. The molecule has 0 spiro atoms. The Hall–Kier alpha value is -1.95. The van der Waals surface area contributed by atoms with Crippen molar-refractivity contribution in [1.82, 2.24) is 24.4 Å². The lowest BCUT2D eigenvalue weighted by molar-refractivity contribution is 0.768. The van der Waals surface area contributed by atoms with Crippen LogP contribution in [0.2, 0.25) is 0 Å². The Morgan fingerprint density at radius 3 is 2.94 bits per heavy atom. The zero-order chi connectivity index (χ0) is 11.1. The predicted octanol–water partition coefficient (Wildman–Crippen LogP) is 1.79. The molecule has 0 atom stereocenters. The SMILES string of the molecule is Cn1cc(-c2cn3nccc3c(=S)[nH]2)cn1. The maximum atomic E-state index is 5.26. The summed E-state index contributed by atoms with van der Waals surface area (Å²) in [6.07, 6.45) is 7.35. The summed E-state index contributed by atoms with van der Waals surface area (Å²) in [6, 6.07) is 1.88. The summed E-state index contributed by atoms with van der Waals surface area (Å²) in [6.45, 7) is 0. The van der Waals surface area contributed by atoms with Crippen LogP contribution in [0.4, 0.5) is 0 Å². The van der Waals surface area contributed by atoms with Gasteiger partial charge in [-0.1, -0.05) is 12.2 Å². The molecule has 3 rings (SSSR count). The minimum atomic E-state index is 0.679. The Balaban J connectivity index is 2.28. The topological polar surface area (TPSA) is 50.9 Å². The molecular formula is C10H9N5S. The molecule has 0 unspecified atom stereocenters. The van der Waals surface area contributed by atoms with E-state index < -0.39 is 0 Å². The van der Waals surface area contributed by atoms with Crippen LogP contribution in [0.15, 0.2) is 30.9 Å². The molecule has 3 aromatic rings. The van der Waals surface area contributed by atoms with Gasteiger partial charge in [-0.3, -0.25) is 4.68 Å². The van der Waals surface area contributed by atoms with Gasteiger partial charge in [0.1, 0.15) is 10.2 Å². The summed E-state index contributed by atoms with van der Waals surface area (Å²) in [5.74, 6) is 0. The highest BCUT2D eigenvalue weighted by Gasteiger charge is 2.04. The van der Waals surface area contributed by atoms with Gasteiger partial charge < -0.3 is 4.98 Å². The Kier molecular flexibility index (Phi) is 1.90. The van der Waals surface area contributed by atoms with E-state index in [0.717, 1.165) is 16.8 Å². The van der Waals surface area contributed by atoms with Gasteiger partial charge in [-0.05, 0) is 6.07 Å². The number of fused-ring (bicyclic) bond motifs is 1. The van der Waals surface area contributed by atoms with Crippen molar-refractivity contribution >= 4 is 17.7 Å². The second kappa shape index (κ2) is 3.28. The number of aryl methyl sites for hydroxylation is 1. The molecule has 1 N–H and O–H groups in total. The third-order valence-electron chi connectivity index (χ3n) is 2.42. The van der Waals surface area contributed by atoms with Crippen molar-refractivity contribution in [2.45, 2.75) is 0 Å². The summed E-state index contributed by atoms with van der Waals surface area (Å²) >= 11 is 5.26. The quantitative estimate of drug-likeness (QED) is 0.650. The van der Waals surface area contributed by atoms with Crippen molar-refractivity contribution in [2.24, 2.45) is 7.05 Å². The van der Waals surface area contributed by atoms with Crippen molar-refractivity contribution in [3.05, 3.63) is 35.5 Å². The number of aromatic amines is 1. The van der Waals surface area contributed by atoms with Crippen LogP contribution in [0, 0.1) is 4.64 Å². The second-order valence-electron chi connectivity index (χ2n) is 3.56. The lowest BCUT2D eigenvalue weighted by Gasteiger charge is -1.99. The van der Waals surface area contributed by atoms with Crippen molar-refractivity contribution in [3.63, 3.8) is 0 Å². The molecule has 80 valence electrons. The van der Waals surface area contributed by atoms with Crippen LogP contribution in [0.25, 0.3) is 16.8 Å². The number of hydrogen-bond donors (Lipinski definition) is 1. The van der Waals surface area contributed by atoms with E-state index >= 15 is 0 Å². The van der Waals surface area contributed by atoms with Gasteiger partial charge >= 0.3 is 0 Å². The van der Waals surface area contributed by atoms with Crippen molar-refractivity contribution in [3.8, 4) is 11.3 Å². The number of nitrogens with zero attached hydrogens (tertiary/aromatic N) is 4. The lowest BCUT2D eigenvalue weighted by atomic mass is 10.3. The molecule has 6 heteroatoms. The molecule has 0 radical (unpaired) electrons. The monoisotopic (exact) mass is 231 g/mol. The molecule has 0 aliphatic heterocycles. The smallest absolute Gasteiger partial charge is 0.129 e. The van der Waals surface area contributed by atoms with Gasteiger partial charge in [-0.2, -0.15) is 10.2 Å². The first-order valence-corrected chi connectivity index (χ1v) is 5.20. The van der Waals surface area contributed by atoms with Crippen LogP contribution in [0.1, 0.15) is 0 Å². The van der Waals surface area contributed by atoms with Gasteiger partial charge in [0.2, 0.25) is 0 Å². The van der Waals surface area contributed by atoms with Gasteiger partial charge in [0.15, 0.2) is 0 Å². The van der Waals surface area contributed by atoms with Crippen LogP contribution >= 0.6 is 12.2 Å². The molecule has 3 aromatic heterocycles. The second-order valence-corrected chi connectivity index (χ2v) is 3.97. The molecule has 0 bridgehead atoms. The third-order valence-corrected chi connectivity index (χ3v) is 2.73.